The van der Waals surface area contributed by atoms with Crippen molar-refractivity contribution in [2.24, 2.45) is 5.73 Å². The molecule has 5 heteroatoms. The molecule has 20 heavy (non-hydrogen) atoms. The van der Waals surface area contributed by atoms with Crippen molar-refractivity contribution in [3.8, 4) is 5.75 Å². The second-order valence-corrected chi connectivity index (χ2v) is 6.13. The number of hydrogen-bond acceptors (Lipinski definition) is 4. The zero-order valence-corrected chi connectivity index (χ0v) is 12.8. The van der Waals surface area contributed by atoms with E-state index in [2.05, 4.69) is 37.0 Å². The average molecular weight is 289 g/mol. The molecule has 4 nitrogen and oxygen atoms in total. The molecule has 0 amide bonds. The highest BCUT2D eigenvalue weighted by atomic mass is 32.1. The van der Waals surface area contributed by atoms with Gasteiger partial charge in [0.15, 0.2) is 0 Å². The van der Waals surface area contributed by atoms with E-state index in [0.717, 1.165) is 10.8 Å². The summed E-state index contributed by atoms with van der Waals surface area (Å²) in [5.74, 6) is 1.36. The van der Waals surface area contributed by atoms with Crippen LogP contribution in [0.1, 0.15) is 40.8 Å². The molecule has 0 atom stereocenters. The van der Waals surface area contributed by atoms with Crippen molar-refractivity contribution in [2.75, 3.05) is 0 Å². The fraction of sp³-hybridized carbons (Fsp3) is 0.333. The van der Waals surface area contributed by atoms with Crippen LogP contribution in [0.4, 0.5) is 0 Å². The predicted molar refractivity (Wildman–Crippen MR) is 82.7 cm³/mol. The molecule has 3 N–H and O–H groups in total. The summed E-state index contributed by atoms with van der Waals surface area (Å²) in [5, 5.41) is 8.20. The summed E-state index contributed by atoms with van der Waals surface area (Å²) in [5.41, 5.74) is 7.80. The van der Waals surface area contributed by atoms with Gasteiger partial charge in [0.1, 0.15) is 23.2 Å². The van der Waals surface area contributed by atoms with E-state index < -0.39 is 0 Å². The zero-order chi connectivity index (χ0) is 14.7. The lowest BCUT2D eigenvalue weighted by molar-refractivity contribution is 0.301. The van der Waals surface area contributed by atoms with Crippen LogP contribution in [0.3, 0.4) is 0 Å². The molecule has 1 aromatic carbocycles. The van der Waals surface area contributed by atoms with Crippen LogP contribution in [-0.4, -0.2) is 10.8 Å². The Kier molecular flexibility index (Phi) is 4.39. The number of aryl methyl sites for hydroxylation is 1. The van der Waals surface area contributed by atoms with E-state index >= 15 is 0 Å². The monoisotopic (exact) mass is 289 g/mol. The van der Waals surface area contributed by atoms with Crippen LogP contribution in [0.25, 0.3) is 0 Å². The van der Waals surface area contributed by atoms with E-state index in [1.54, 1.807) is 6.20 Å². The fourth-order valence-corrected chi connectivity index (χ4v) is 2.58. The van der Waals surface area contributed by atoms with Crippen molar-refractivity contribution in [3.05, 3.63) is 45.4 Å². The quantitative estimate of drug-likeness (QED) is 0.654. The van der Waals surface area contributed by atoms with Gasteiger partial charge in [0, 0.05) is 6.20 Å². The molecule has 0 bridgehead atoms. The lowest BCUT2D eigenvalue weighted by atomic mass is 10.0. The van der Waals surface area contributed by atoms with Gasteiger partial charge in [-0.3, -0.25) is 5.41 Å². The first-order chi connectivity index (χ1) is 9.47. The topological polar surface area (TPSA) is 72.0 Å². The number of hydrogen-bond donors (Lipinski definition) is 2. The van der Waals surface area contributed by atoms with Crippen LogP contribution in [0.2, 0.25) is 0 Å². The lowest BCUT2D eigenvalue weighted by Crippen LogP contribution is -2.08. The molecular weight excluding hydrogens is 270 g/mol. The summed E-state index contributed by atoms with van der Waals surface area (Å²) < 4.78 is 5.90. The second kappa shape index (κ2) is 6.05. The maximum Gasteiger partial charge on any atom is 0.140 e. The number of nitrogens with one attached hydrogen (secondary N) is 1. The van der Waals surface area contributed by atoms with Crippen molar-refractivity contribution in [3.63, 3.8) is 0 Å². The molecule has 1 aromatic heterocycles. The number of nitrogen functional groups attached to an aromatic ring is 1. The zero-order valence-electron chi connectivity index (χ0n) is 11.9. The Morgan fingerprint density at radius 1 is 1.45 bits per heavy atom. The minimum atomic E-state index is 0.0483. The molecule has 2 rings (SSSR count). The van der Waals surface area contributed by atoms with Gasteiger partial charge in [-0.05, 0) is 30.0 Å². The second-order valence-electron chi connectivity index (χ2n) is 5.02. The Morgan fingerprint density at radius 3 is 2.80 bits per heavy atom. The van der Waals surface area contributed by atoms with E-state index in [9.17, 15) is 0 Å². The minimum absolute atomic E-state index is 0.0483. The largest absolute Gasteiger partial charge is 0.486 e. The Morgan fingerprint density at radius 2 is 2.20 bits per heavy atom. The third-order valence-corrected chi connectivity index (χ3v) is 3.97. The molecule has 1 heterocycles. The molecule has 0 unspecified atom stereocenters. The van der Waals surface area contributed by atoms with Crippen molar-refractivity contribution in [1.82, 2.24) is 4.98 Å². The number of aromatic nitrogens is 1. The number of thiazole rings is 1. The third kappa shape index (κ3) is 3.36. The molecule has 0 aliphatic heterocycles. The van der Waals surface area contributed by atoms with Gasteiger partial charge in [0.25, 0.3) is 0 Å². The van der Waals surface area contributed by atoms with Crippen LogP contribution in [0.5, 0.6) is 5.75 Å². The number of rotatable bonds is 5. The average Bonchev–Trinajstić information content (AvgIpc) is 2.85. The first-order valence-corrected chi connectivity index (χ1v) is 7.31. The van der Waals surface area contributed by atoms with Crippen LogP contribution >= 0.6 is 11.3 Å². The van der Waals surface area contributed by atoms with Gasteiger partial charge in [-0.15, -0.1) is 11.3 Å². The summed E-state index contributed by atoms with van der Waals surface area (Å²) in [6.45, 7) is 6.75. The Labute approximate surface area is 123 Å². The van der Waals surface area contributed by atoms with E-state index in [1.165, 1.54) is 22.5 Å². The van der Waals surface area contributed by atoms with E-state index in [0.29, 0.717) is 17.4 Å². The Balaban J connectivity index is 2.13. The van der Waals surface area contributed by atoms with Crippen LogP contribution in [0.15, 0.2) is 24.4 Å². The van der Waals surface area contributed by atoms with E-state index in [4.69, 9.17) is 15.9 Å². The van der Waals surface area contributed by atoms with Crippen molar-refractivity contribution < 1.29 is 4.74 Å². The lowest BCUT2D eigenvalue weighted by Gasteiger charge is -2.14. The highest BCUT2D eigenvalue weighted by Crippen LogP contribution is 2.28. The number of ether oxygens (including phenoxy) is 1. The smallest absolute Gasteiger partial charge is 0.140 e. The number of amidine groups is 1. The molecule has 0 fully saturated rings. The SMILES string of the molecule is Cc1ccc(C(C)C)c(OCc2ncc(C(=N)N)s2)c1. The van der Waals surface area contributed by atoms with Crippen molar-refractivity contribution in [2.45, 2.75) is 33.3 Å². The molecule has 106 valence electrons. The molecule has 0 saturated carbocycles. The van der Waals surface area contributed by atoms with E-state index in [-0.39, 0.29) is 5.84 Å². The summed E-state index contributed by atoms with van der Waals surface area (Å²) in [7, 11) is 0. The molecule has 0 aliphatic carbocycles. The first kappa shape index (κ1) is 14.5. The van der Waals surface area contributed by atoms with Gasteiger partial charge in [-0.1, -0.05) is 26.0 Å². The van der Waals surface area contributed by atoms with Gasteiger partial charge >= 0.3 is 0 Å². The highest BCUT2D eigenvalue weighted by molar-refractivity contribution is 7.13. The van der Waals surface area contributed by atoms with Crippen molar-refractivity contribution >= 4 is 17.2 Å². The standard InChI is InChI=1S/C15H19N3OS/c1-9(2)11-5-4-10(3)6-12(11)19-8-14-18-7-13(20-14)15(16)17/h4-7,9H,8H2,1-3H3,(H3,16,17). The Hall–Kier alpha value is -1.88. The van der Waals surface area contributed by atoms with E-state index in [1.807, 2.05) is 6.92 Å². The number of nitrogens with zero attached hydrogens (tertiary/aromatic N) is 1. The normalized spacial score (nSPS) is 10.8. The molecule has 0 radical (unpaired) electrons. The van der Waals surface area contributed by atoms with Crippen LogP contribution in [0, 0.1) is 12.3 Å². The summed E-state index contributed by atoms with van der Waals surface area (Å²) in [6, 6.07) is 6.26. The minimum Gasteiger partial charge on any atom is -0.486 e. The van der Waals surface area contributed by atoms with Gasteiger partial charge < -0.3 is 10.5 Å². The molecule has 0 saturated heterocycles. The predicted octanol–water partition coefficient (Wildman–Crippen LogP) is 3.44. The van der Waals surface area contributed by atoms with Gasteiger partial charge in [0.2, 0.25) is 0 Å². The van der Waals surface area contributed by atoms with Gasteiger partial charge in [-0.25, -0.2) is 4.98 Å². The highest BCUT2D eigenvalue weighted by Gasteiger charge is 2.10. The molecule has 0 spiro atoms. The molecular formula is C15H19N3OS. The first-order valence-electron chi connectivity index (χ1n) is 6.50. The molecule has 2 aromatic rings. The molecule has 0 aliphatic rings. The van der Waals surface area contributed by atoms with Crippen LogP contribution < -0.4 is 10.5 Å². The fourth-order valence-electron chi connectivity index (χ4n) is 1.88. The van der Waals surface area contributed by atoms with Crippen LogP contribution in [-0.2, 0) is 6.61 Å². The summed E-state index contributed by atoms with van der Waals surface area (Å²) >= 11 is 1.39. The maximum absolute atomic E-state index is 7.37. The summed E-state index contributed by atoms with van der Waals surface area (Å²) in [6.07, 6.45) is 1.62. The maximum atomic E-state index is 7.37. The number of benzene rings is 1. The summed E-state index contributed by atoms with van der Waals surface area (Å²) in [4.78, 5) is 4.90. The third-order valence-electron chi connectivity index (χ3n) is 2.96. The van der Waals surface area contributed by atoms with Crippen molar-refractivity contribution in [1.29, 1.82) is 5.41 Å². The Bertz CT molecular complexity index is 619. The van der Waals surface area contributed by atoms with Gasteiger partial charge in [0.05, 0.1) is 4.88 Å². The number of nitrogens with two attached hydrogens (primary N) is 1. The van der Waals surface area contributed by atoms with Gasteiger partial charge in [-0.2, -0.15) is 0 Å².